The second-order valence-electron chi connectivity index (χ2n) is 6.27. The number of carbonyl (C=O) groups is 1. The van der Waals surface area contributed by atoms with Crippen molar-refractivity contribution in [3.05, 3.63) is 40.6 Å². The Hall–Kier alpha value is -2.44. The summed E-state index contributed by atoms with van der Waals surface area (Å²) in [6.07, 6.45) is 4.36. The van der Waals surface area contributed by atoms with Crippen LogP contribution in [0.1, 0.15) is 32.6 Å². The van der Waals surface area contributed by atoms with Crippen molar-refractivity contribution in [2.45, 2.75) is 45.2 Å². The molecule has 0 saturated heterocycles. The Bertz CT molecular complexity index is 766. The number of carbonyl (C=O) groups excluding carboxylic acids is 1. The fourth-order valence-corrected chi connectivity index (χ4v) is 3.03. The van der Waals surface area contributed by atoms with Crippen LogP contribution in [0.2, 0.25) is 0 Å². The molecule has 1 aliphatic carbocycles. The minimum atomic E-state index is -0.707. The number of amides is 1. The standard InChI is InChI=1S/C17H20FN3O3/c1-11-4-2-3-5-14(11)19-15(22)10-21-17(23)24-16(20-21)12-6-8-13(18)9-7-12/h6-9,11,14H,2-5,10H2,1H3,(H,19,22). The van der Waals surface area contributed by atoms with Crippen LogP contribution in [0.4, 0.5) is 4.39 Å². The summed E-state index contributed by atoms with van der Waals surface area (Å²) in [5.41, 5.74) is 0.480. The van der Waals surface area contributed by atoms with Crippen LogP contribution in [0.3, 0.4) is 0 Å². The molecule has 3 rings (SSSR count). The molecule has 128 valence electrons. The first-order chi connectivity index (χ1) is 11.5. The highest BCUT2D eigenvalue weighted by atomic mass is 19.1. The van der Waals surface area contributed by atoms with Crippen molar-refractivity contribution in [3.8, 4) is 11.5 Å². The molecule has 2 atom stereocenters. The van der Waals surface area contributed by atoms with Gasteiger partial charge >= 0.3 is 5.76 Å². The summed E-state index contributed by atoms with van der Waals surface area (Å²) in [6, 6.07) is 5.59. The highest BCUT2D eigenvalue weighted by molar-refractivity contribution is 5.76. The van der Waals surface area contributed by atoms with E-state index in [-0.39, 0.29) is 30.2 Å². The van der Waals surface area contributed by atoms with E-state index in [1.807, 2.05) is 0 Å². The molecule has 0 radical (unpaired) electrons. The molecule has 0 aliphatic heterocycles. The van der Waals surface area contributed by atoms with E-state index in [1.165, 1.54) is 30.7 Å². The molecule has 1 heterocycles. The van der Waals surface area contributed by atoms with E-state index in [1.54, 1.807) is 0 Å². The Labute approximate surface area is 138 Å². The molecule has 1 N–H and O–H groups in total. The molecule has 6 nitrogen and oxygen atoms in total. The van der Waals surface area contributed by atoms with Crippen LogP contribution in [0, 0.1) is 11.7 Å². The highest BCUT2D eigenvalue weighted by Crippen LogP contribution is 2.23. The van der Waals surface area contributed by atoms with Gasteiger partial charge in [-0.3, -0.25) is 4.79 Å². The van der Waals surface area contributed by atoms with Crippen LogP contribution >= 0.6 is 0 Å². The van der Waals surface area contributed by atoms with Crippen LogP contribution in [-0.2, 0) is 11.3 Å². The van der Waals surface area contributed by atoms with Gasteiger partial charge in [0.05, 0.1) is 0 Å². The number of nitrogens with one attached hydrogen (secondary N) is 1. The van der Waals surface area contributed by atoms with Crippen molar-refractivity contribution in [1.82, 2.24) is 15.1 Å². The molecule has 0 spiro atoms. The van der Waals surface area contributed by atoms with E-state index in [0.29, 0.717) is 11.5 Å². The third-order valence-electron chi connectivity index (χ3n) is 4.45. The molecular formula is C17H20FN3O3. The molecule has 1 aromatic carbocycles. The second kappa shape index (κ2) is 6.98. The fraction of sp³-hybridized carbons (Fsp3) is 0.471. The molecule has 24 heavy (non-hydrogen) atoms. The summed E-state index contributed by atoms with van der Waals surface area (Å²) in [4.78, 5) is 24.0. The number of hydrogen-bond donors (Lipinski definition) is 1. The molecule has 0 bridgehead atoms. The number of aromatic nitrogens is 2. The molecule has 2 aromatic rings. The van der Waals surface area contributed by atoms with Crippen molar-refractivity contribution in [1.29, 1.82) is 0 Å². The number of rotatable bonds is 4. The normalized spacial score (nSPS) is 20.8. The van der Waals surface area contributed by atoms with Crippen molar-refractivity contribution >= 4 is 5.91 Å². The molecule has 1 fully saturated rings. The summed E-state index contributed by atoms with van der Waals surface area (Å²) in [5, 5.41) is 6.99. The molecular weight excluding hydrogens is 313 g/mol. The van der Waals surface area contributed by atoms with Crippen molar-refractivity contribution in [2.24, 2.45) is 5.92 Å². The lowest BCUT2D eigenvalue weighted by Crippen LogP contribution is -2.43. The first-order valence-corrected chi connectivity index (χ1v) is 8.16. The van der Waals surface area contributed by atoms with E-state index in [9.17, 15) is 14.0 Å². The zero-order valence-electron chi connectivity index (χ0n) is 13.5. The van der Waals surface area contributed by atoms with Gasteiger partial charge in [0.1, 0.15) is 12.4 Å². The summed E-state index contributed by atoms with van der Waals surface area (Å²) in [6.45, 7) is 1.94. The summed E-state index contributed by atoms with van der Waals surface area (Å²) in [7, 11) is 0. The van der Waals surface area contributed by atoms with Crippen LogP contribution < -0.4 is 11.1 Å². The maximum absolute atomic E-state index is 12.9. The molecule has 2 unspecified atom stereocenters. The zero-order chi connectivity index (χ0) is 17.1. The number of nitrogens with zero attached hydrogens (tertiary/aromatic N) is 2. The van der Waals surface area contributed by atoms with Gasteiger partial charge in [-0.25, -0.2) is 9.18 Å². The van der Waals surface area contributed by atoms with E-state index in [0.717, 1.165) is 23.9 Å². The van der Waals surface area contributed by atoms with Gasteiger partial charge in [0.15, 0.2) is 0 Å². The summed E-state index contributed by atoms with van der Waals surface area (Å²) < 4.78 is 19.0. The van der Waals surface area contributed by atoms with Crippen LogP contribution in [0.5, 0.6) is 0 Å². The molecule has 7 heteroatoms. The lowest BCUT2D eigenvalue weighted by Gasteiger charge is -2.29. The SMILES string of the molecule is CC1CCCCC1NC(=O)Cn1nc(-c2ccc(F)cc2)oc1=O. The van der Waals surface area contributed by atoms with Crippen LogP contribution in [0.25, 0.3) is 11.5 Å². The lowest BCUT2D eigenvalue weighted by atomic mass is 9.86. The largest absolute Gasteiger partial charge is 0.437 e. The smallest absolute Gasteiger partial charge is 0.388 e. The summed E-state index contributed by atoms with van der Waals surface area (Å²) in [5.74, 6) is -0.845. The van der Waals surface area contributed by atoms with E-state index >= 15 is 0 Å². The van der Waals surface area contributed by atoms with Crippen molar-refractivity contribution in [2.75, 3.05) is 0 Å². The van der Waals surface area contributed by atoms with E-state index < -0.39 is 5.76 Å². The molecule has 1 aromatic heterocycles. The van der Waals surface area contributed by atoms with Crippen molar-refractivity contribution in [3.63, 3.8) is 0 Å². The number of halogens is 1. The first kappa shape index (κ1) is 16.4. The monoisotopic (exact) mass is 333 g/mol. The number of benzene rings is 1. The summed E-state index contributed by atoms with van der Waals surface area (Å²) >= 11 is 0. The van der Waals surface area contributed by atoms with Gasteiger partial charge < -0.3 is 9.73 Å². The quantitative estimate of drug-likeness (QED) is 0.931. The lowest BCUT2D eigenvalue weighted by molar-refractivity contribution is -0.123. The maximum atomic E-state index is 12.9. The van der Waals surface area contributed by atoms with Gasteiger partial charge in [-0.2, -0.15) is 4.68 Å². The van der Waals surface area contributed by atoms with E-state index in [2.05, 4.69) is 17.3 Å². The minimum absolute atomic E-state index is 0.0684. The topological polar surface area (TPSA) is 77.1 Å². The van der Waals surface area contributed by atoms with Gasteiger partial charge in [0, 0.05) is 11.6 Å². The zero-order valence-corrected chi connectivity index (χ0v) is 13.5. The Kier molecular flexibility index (Phi) is 4.78. The van der Waals surface area contributed by atoms with Gasteiger partial charge in [-0.15, -0.1) is 5.10 Å². The Morgan fingerprint density at radius 1 is 1.33 bits per heavy atom. The minimum Gasteiger partial charge on any atom is -0.388 e. The first-order valence-electron chi connectivity index (χ1n) is 8.16. The Balaban J connectivity index is 1.68. The molecule has 1 amide bonds. The van der Waals surface area contributed by atoms with Gasteiger partial charge in [-0.05, 0) is 43.0 Å². The third-order valence-corrected chi connectivity index (χ3v) is 4.45. The second-order valence-corrected chi connectivity index (χ2v) is 6.27. The predicted molar refractivity (Wildman–Crippen MR) is 85.7 cm³/mol. The van der Waals surface area contributed by atoms with Gasteiger partial charge in [0.25, 0.3) is 0 Å². The fourth-order valence-electron chi connectivity index (χ4n) is 3.03. The van der Waals surface area contributed by atoms with Crippen LogP contribution in [-0.4, -0.2) is 21.7 Å². The third kappa shape index (κ3) is 3.72. The Morgan fingerprint density at radius 2 is 2.04 bits per heavy atom. The van der Waals surface area contributed by atoms with Crippen molar-refractivity contribution < 1.29 is 13.6 Å². The maximum Gasteiger partial charge on any atom is 0.437 e. The molecule has 1 saturated carbocycles. The highest BCUT2D eigenvalue weighted by Gasteiger charge is 2.23. The average molecular weight is 333 g/mol. The Morgan fingerprint density at radius 3 is 2.75 bits per heavy atom. The van der Waals surface area contributed by atoms with E-state index in [4.69, 9.17) is 4.42 Å². The average Bonchev–Trinajstić information content (AvgIpc) is 2.91. The number of hydrogen-bond acceptors (Lipinski definition) is 4. The van der Waals surface area contributed by atoms with Crippen LogP contribution in [0.15, 0.2) is 33.5 Å². The van der Waals surface area contributed by atoms with Gasteiger partial charge in [0.2, 0.25) is 11.8 Å². The predicted octanol–water partition coefficient (Wildman–Crippen LogP) is 2.34. The van der Waals surface area contributed by atoms with Gasteiger partial charge in [-0.1, -0.05) is 19.8 Å². The molecule has 1 aliphatic rings.